The van der Waals surface area contributed by atoms with Gasteiger partial charge >= 0.3 is 0 Å². The monoisotopic (exact) mass is 431 g/mol. The van der Waals surface area contributed by atoms with E-state index in [9.17, 15) is 4.79 Å². The fraction of sp³-hybridized carbons (Fsp3) is 0.833. The molecule has 1 N–H and O–H groups in total. The number of rotatable bonds is 6. The number of nitrogens with one attached hydrogen (secondary N) is 1. The Morgan fingerprint density at radius 2 is 1.84 bits per heavy atom. The normalized spacial score (nSPS) is 23.5. The van der Waals surface area contributed by atoms with Gasteiger partial charge < -0.3 is 15.0 Å². The predicted octanol–water partition coefficient (Wildman–Crippen LogP) is 2.48. The topological polar surface area (TPSA) is 62.6 Å². The Hall–Kier alpha value is -1.44. The zero-order valence-corrected chi connectivity index (χ0v) is 19.8. The molecule has 2 fully saturated rings. The van der Waals surface area contributed by atoms with Crippen LogP contribution >= 0.6 is 0 Å². The molecule has 0 saturated carbocycles. The van der Waals surface area contributed by atoms with Gasteiger partial charge in [0.05, 0.1) is 13.2 Å². The lowest BCUT2D eigenvalue weighted by atomic mass is 9.90. The number of fused-ring (bicyclic) bond motifs is 1. The second kappa shape index (κ2) is 10.0. The summed E-state index contributed by atoms with van der Waals surface area (Å²) in [4.78, 5) is 18.0. The van der Waals surface area contributed by atoms with Crippen molar-refractivity contribution in [3.8, 4) is 0 Å². The van der Waals surface area contributed by atoms with Crippen LogP contribution in [-0.2, 0) is 24.1 Å². The summed E-state index contributed by atoms with van der Waals surface area (Å²) in [5.74, 6) is 0.152. The molecule has 1 aromatic rings. The number of carbonyl (C=O) groups is 1. The van der Waals surface area contributed by atoms with Gasteiger partial charge in [-0.25, -0.2) is 0 Å². The molecule has 1 amide bonds. The average molecular weight is 432 g/mol. The fourth-order valence-corrected chi connectivity index (χ4v) is 5.39. The summed E-state index contributed by atoms with van der Waals surface area (Å²) in [5.41, 5.74) is 3.30. The van der Waals surface area contributed by atoms with E-state index in [1.807, 2.05) is 4.90 Å². The summed E-state index contributed by atoms with van der Waals surface area (Å²) < 4.78 is 7.61. The van der Waals surface area contributed by atoms with Gasteiger partial charge in [-0.05, 0) is 52.9 Å². The highest BCUT2D eigenvalue weighted by Gasteiger charge is 2.33. The Morgan fingerprint density at radius 1 is 1.13 bits per heavy atom. The lowest BCUT2D eigenvalue weighted by Crippen LogP contribution is -2.56. The van der Waals surface area contributed by atoms with Gasteiger partial charge in [-0.3, -0.25) is 14.4 Å². The third kappa shape index (κ3) is 5.15. The van der Waals surface area contributed by atoms with Crippen molar-refractivity contribution in [3.63, 3.8) is 0 Å². The van der Waals surface area contributed by atoms with Gasteiger partial charge in [-0.1, -0.05) is 12.8 Å². The summed E-state index contributed by atoms with van der Waals surface area (Å²) in [6.07, 6.45) is 7.70. The zero-order valence-electron chi connectivity index (χ0n) is 19.8. The highest BCUT2D eigenvalue weighted by Crippen LogP contribution is 2.27. The summed E-state index contributed by atoms with van der Waals surface area (Å²) in [6.45, 7) is 14.0. The Morgan fingerprint density at radius 3 is 2.52 bits per heavy atom. The molecule has 0 radical (unpaired) electrons. The SMILES string of the molecule is CCn1nc(C(=O)N2CCCCCC2)c2c1CC[C@H](NCC(C)(C)N1CCOCC1)C2. The van der Waals surface area contributed by atoms with E-state index in [4.69, 9.17) is 9.84 Å². The standard InChI is InChI=1S/C24H41N5O2/c1-4-29-21-10-9-19(25-18-24(2,3)28-13-15-31-16-14-28)17-20(21)22(26-29)23(30)27-11-7-5-6-8-12-27/h19,25H,4-18H2,1-3H3/t19-/m0/s1. The maximum absolute atomic E-state index is 13.4. The van der Waals surface area contributed by atoms with Crippen molar-refractivity contribution >= 4 is 5.91 Å². The van der Waals surface area contributed by atoms with Crippen LogP contribution in [0.25, 0.3) is 0 Å². The van der Waals surface area contributed by atoms with Gasteiger partial charge in [0.1, 0.15) is 0 Å². The van der Waals surface area contributed by atoms with Crippen LogP contribution in [0.3, 0.4) is 0 Å². The molecule has 2 aliphatic heterocycles. The van der Waals surface area contributed by atoms with Crippen molar-refractivity contribution in [1.82, 2.24) is 24.9 Å². The van der Waals surface area contributed by atoms with E-state index in [-0.39, 0.29) is 11.4 Å². The molecule has 1 atom stereocenters. The number of amides is 1. The molecule has 3 heterocycles. The molecule has 1 aromatic heterocycles. The van der Waals surface area contributed by atoms with Crippen LogP contribution in [-0.4, -0.2) is 83.0 Å². The number of hydrogen-bond donors (Lipinski definition) is 1. The van der Waals surface area contributed by atoms with Crippen molar-refractivity contribution in [1.29, 1.82) is 0 Å². The molecule has 174 valence electrons. The minimum Gasteiger partial charge on any atom is -0.379 e. The summed E-state index contributed by atoms with van der Waals surface area (Å²) in [6, 6.07) is 0.401. The van der Waals surface area contributed by atoms with E-state index in [0.717, 1.165) is 90.3 Å². The third-order valence-corrected chi connectivity index (χ3v) is 7.43. The highest BCUT2D eigenvalue weighted by molar-refractivity contribution is 5.94. The molecule has 7 nitrogen and oxygen atoms in total. The molecule has 31 heavy (non-hydrogen) atoms. The van der Waals surface area contributed by atoms with Crippen molar-refractivity contribution < 1.29 is 9.53 Å². The molecular formula is C24H41N5O2. The van der Waals surface area contributed by atoms with Gasteiger partial charge in [0.2, 0.25) is 0 Å². The van der Waals surface area contributed by atoms with Crippen molar-refractivity contribution in [2.24, 2.45) is 0 Å². The summed E-state index contributed by atoms with van der Waals surface area (Å²) in [7, 11) is 0. The Labute approximate surface area is 187 Å². The first kappa shape index (κ1) is 22.7. The predicted molar refractivity (Wildman–Crippen MR) is 123 cm³/mol. The van der Waals surface area contributed by atoms with E-state index in [1.54, 1.807) is 0 Å². The molecule has 0 bridgehead atoms. The van der Waals surface area contributed by atoms with Gasteiger partial charge in [-0.2, -0.15) is 5.10 Å². The Balaban J connectivity index is 1.44. The first-order chi connectivity index (χ1) is 15.0. The van der Waals surface area contributed by atoms with Crippen LogP contribution in [0.4, 0.5) is 0 Å². The first-order valence-corrected chi connectivity index (χ1v) is 12.4. The second-order valence-corrected chi connectivity index (χ2v) is 10.0. The van der Waals surface area contributed by atoms with Gasteiger partial charge in [0.25, 0.3) is 5.91 Å². The molecule has 2 saturated heterocycles. The molecule has 0 unspecified atom stereocenters. The fourth-order valence-electron chi connectivity index (χ4n) is 5.39. The van der Waals surface area contributed by atoms with Crippen LogP contribution in [0.5, 0.6) is 0 Å². The smallest absolute Gasteiger partial charge is 0.274 e. The quantitative estimate of drug-likeness (QED) is 0.750. The molecule has 3 aliphatic rings. The van der Waals surface area contributed by atoms with Crippen molar-refractivity contribution in [2.75, 3.05) is 45.9 Å². The number of hydrogen-bond acceptors (Lipinski definition) is 5. The minimum absolute atomic E-state index is 0.0996. The Bertz CT molecular complexity index is 745. The lowest BCUT2D eigenvalue weighted by Gasteiger charge is -2.42. The maximum atomic E-state index is 13.4. The second-order valence-electron chi connectivity index (χ2n) is 10.0. The number of carbonyl (C=O) groups excluding carboxylic acids is 1. The number of aryl methyl sites for hydroxylation is 1. The summed E-state index contributed by atoms with van der Waals surface area (Å²) >= 11 is 0. The van der Waals surface area contributed by atoms with E-state index in [0.29, 0.717) is 6.04 Å². The van der Waals surface area contributed by atoms with Crippen molar-refractivity contribution in [3.05, 3.63) is 17.0 Å². The maximum Gasteiger partial charge on any atom is 0.274 e. The zero-order chi connectivity index (χ0) is 21.8. The number of ether oxygens (including phenoxy) is 1. The van der Waals surface area contributed by atoms with E-state index >= 15 is 0 Å². The van der Waals surface area contributed by atoms with Crippen LogP contribution in [0.15, 0.2) is 0 Å². The van der Waals surface area contributed by atoms with Crippen LogP contribution < -0.4 is 5.32 Å². The molecule has 1 aliphatic carbocycles. The van der Waals surface area contributed by atoms with E-state index in [2.05, 4.69) is 35.7 Å². The highest BCUT2D eigenvalue weighted by atomic mass is 16.5. The molecule has 0 spiro atoms. The first-order valence-electron chi connectivity index (χ1n) is 12.4. The number of nitrogens with zero attached hydrogens (tertiary/aromatic N) is 4. The Kier molecular flexibility index (Phi) is 7.34. The van der Waals surface area contributed by atoms with E-state index in [1.165, 1.54) is 24.1 Å². The molecular weight excluding hydrogens is 390 g/mol. The van der Waals surface area contributed by atoms with Gasteiger partial charge in [0, 0.05) is 62.1 Å². The van der Waals surface area contributed by atoms with Crippen LogP contribution in [0.2, 0.25) is 0 Å². The number of morpholine rings is 1. The lowest BCUT2D eigenvalue weighted by molar-refractivity contribution is -0.0104. The van der Waals surface area contributed by atoms with Gasteiger partial charge in [-0.15, -0.1) is 0 Å². The summed E-state index contributed by atoms with van der Waals surface area (Å²) in [5, 5.41) is 8.65. The third-order valence-electron chi connectivity index (χ3n) is 7.43. The van der Waals surface area contributed by atoms with Crippen LogP contribution in [0, 0.1) is 0 Å². The number of aromatic nitrogens is 2. The van der Waals surface area contributed by atoms with Gasteiger partial charge in [0.15, 0.2) is 5.69 Å². The number of likely N-dealkylation sites (tertiary alicyclic amines) is 1. The molecule has 4 rings (SSSR count). The average Bonchev–Trinajstić information content (AvgIpc) is 2.95. The largest absolute Gasteiger partial charge is 0.379 e. The van der Waals surface area contributed by atoms with Crippen LogP contribution in [0.1, 0.15) is 74.6 Å². The van der Waals surface area contributed by atoms with E-state index < -0.39 is 0 Å². The minimum atomic E-state index is 0.0996. The molecule has 0 aromatic carbocycles. The molecule has 7 heteroatoms. The van der Waals surface area contributed by atoms with Crippen molar-refractivity contribution in [2.45, 2.75) is 83.8 Å².